The molecule has 2 aromatic carbocycles. The molecule has 34 heavy (non-hydrogen) atoms. The van der Waals surface area contributed by atoms with Crippen LogP contribution in [0.4, 0.5) is 18.9 Å². The number of nitrogens with zero attached hydrogens (tertiary/aromatic N) is 4. The number of amides is 1. The number of halogens is 3. The van der Waals surface area contributed by atoms with Gasteiger partial charge in [-0.05, 0) is 42.5 Å². The van der Waals surface area contributed by atoms with Crippen molar-refractivity contribution in [3.05, 3.63) is 60.0 Å². The summed E-state index contributed by atoms with van der Waals surface area (Å²) < 4.78 is 57.8. The molecule has 0 spiro atoms. The minimum Gasteiger partial charge on any atom is -0.497 e. The molecule has 9 nitrogen and oxygen atoms in total. The highest BCUT2D eigenvalue weighted by molar-refractivity contribution is 6.02. The second kappa shape index (κ2) is 8.21. The minimum atomic E-state index is -4.76. The molecule has 5 rings (SSSR count). The van der Waals surface area contributed by atoms with Crippen LogP contribution in [0.3, 0.4) is 0 Å². The van der Waals surface area contributed by atoms with Gasteiger partial charge < -0.3 is 19.5 Å². The number of benzene rings is 2. The molecule has 3 heterocycles. The second-order valence-corrected chi connectivity index (χ2v) is 7.21. The molecule has 1 aliphatic rings. The number of fused-ring (bicyclic) bond motifs is 2. The van der Waals surface area contributed by atoms with Gasteiger partial charge in [0.2, 0.25) is 5.82 Å². The zero-order valence-electron chi connectivity index (χ0n) is 17.6. The molecule has 0 atom stereocenters. The van der Waals surface area contributed by atoms with Gasteiger partial charge in [0.05, 0.1) is 12.8 Å². The van der Waals surface area contributed by atoms with E-state index in [1.165, 1.54) is 7.11 Å². The number of methoxy groups -OCH3 is 1. The van der Waals surface area contributed by atoms with E-state index in [4.69, 9.17) is 14.2 Å². The average molecular weight is 471 g/mol. The van der Waals surface area contributed by atoms with E-state index in [-0.39, 0.29) is 11.5 Å². The first-order valence-corrected chi connectivity index (χ1v) is 10.0. The van der Waals surface area contributed by atoms with E-state index >= 15 is 0 Å². The number of nitrogens with one attached hydrogen (secondary N) is 1. The number of aromatic nitrogens is 4. The maximum Gasteiger partial charge on any atom is 0.433 e. The molecule has 0 radical (unpaired) electrons. The normalized spacial score (nSPS) is 13.1. The summed E-state index contributed by atoms with van der Waals surface area (Å²) in [5.41, 5.74) is -0.335. The topological polar surface area (TPSA) is 99.9 Å². The molecule has 1 amide bonds. The lowest BCUT2D eigenvalue weighted by Gasteiger charge is -2.18. The molecule has 0 unspecified atom stereocenters. The standard InChI is InChI=1S/C22H16F3N5O4/c1-32-14-5-2-12(3-6-14)15-11-18(22(23,24)25)30-21(27-15)28-19(29-30)20(31)26-13-4-7-16-17(10-13)34-9-8-33-16/h2-7,10-11H,8-9H2,1H3,(H,26,31). The van der Waals surface area contributed by atoms with Crippen LogP contribution in [0.15, 0.2) is 48.5 Å². The first kappa shape index (κ1) is 21.5. The summed E-state index contributed by atoms with van der Waals surface area (Å²) in [6.07, 6.45) is -4.76. The lowest BCUT2D eigenvalue weighted by atomic mass is 10.1. The maximum atomic E-state index is 13.8. The molecule has 0 saturated carbocycles. The number of hydrogen-bond acceptors (Lipinski definition) is 7. The van der Waals surface area contributed by atoms with Crippen molar-refractivity contribution in [2.45, 2.75) is 6.18 Å². The molecule has 0 aliphatic carbocycles. The molecular weight excluding hydrogens is 455 g/mol. The Morgan fingerprint density at radius 1 is 1.03 bits per heavy atom. The number of ether oxygens (including phenoxy) is 3. The van der Waals surface area contributed by atoms with Gasteiger partial charge in [-0.25, -0.2) is 4.98 Å². The molecule has 12 heteroatoms. The van der Waals surface area contributed by atoms with Gasteiger partial charge in [0, 0.05) is 17.3 Å². The number of alkyl halides is 3. The summed E-state index contributed by atoms with van der Waals surface area (Å²) in [5, 5.41) is 6.31. The highest BCUT2D eigenvalue weighted by atomic mass is 19.4. The van der Waals surface area contributed by atoms with Crippen molar-refractivity contribution >= 4 is 17.4 Å². The summed E-state index contributed by atoms with van der Waals surface area (Å²) in [6.45, 7) is 0.776. The van der Waals surface area contributed by atoms with Gasteiger partial charge in [-0.15, -0.1) is 5.10 Å². The van der Waals surface area contributed by atoms with Crippen LogP contribution in [0.2, 0.25) is 0 Å². The van der Waals surface area contributed by atoms with E-state index < -0.39 is 23.6 Å². The number of hydrogen-bond donors (Lipinski definition) is 1. The summed E-state index contributed by atoms with van der Waals surface area (Å²) in [7, 11) is 1.48. The Labute approximate surface area is 190 Å². The smallest absolute Gasteiger partial charge is 0.433 e. The molecule has 0 fully saturated rings. The fourth-order valence-corrected chi connectivity index (χ4v) is 3.38. The van der Waals surface area contributed by atoms with Crippen molar-refractivity contribution < 1.29 is 32.2 Å². The van der Waals surface area contributed by atoms with Crippen LogP contribution >= 0.6 is 0 Å². The Morgan fingerprint density at radius 2 is 1.76 bits per heavy atom. The average Bonchev–Trinajstić information content (AvgIpc) is 3.27. The molecule has 0 bridgehead atoms. The first-order chi connectivity index (χ1) is 16.3. The SMILES string of the molecule is COc1ccc(-c2cc(C(F)(F)F)n3nc(C(=O)Nc4ccc5c(c4)OCCO5)nc3n2)cc1. The number of carbonyl (C=O) groups excluding carboxylic acids is 1. The van der Waals surface area contributed by atoms with Crippen LogP contribution in [0.1, 0.15) is 16.3 Å². The van der Waals surface area contributed by atoms with Crippen molar-refractivity contribution in [2.75, 3.05) is 25.6 Å². The number of anilines is 1. The van der Waals surface area contributed by atoms with Crippen molar-refractivity contribution in [3.63, 3.8) is 0 Å². The Balaban J connectivity index is 1.50. The number of carbonyl (C=O) groups is 1. The van der Waals surface area contributed by atoms with Crippen LogP contribution in [0, 0.1) is 0 Å². The lowest BCUT2D eigenvalue weighted by molar-refractivity contribution is -0.142. The van der Waals surface area contributed by atoms with Crippen LogP contribution in [-0.2, 0) is 6.18 Å². The van der Waals surface area contributed by atoms with E-state index in [9.17, 15) is 18.0 Å². The van der Waals surface area contributed by atoms with E-state index in [0.29, 0.717) is 46.2 Å². The van der Waals surface area contributed by atoms with Crippen molar-refractivity contribution in [1.82, 2.24) is 19.6 Å². The van der Waals surface area contributed by atoms with Gasteiger partial charge in [-0.1, -0.05) is 0 Å². The van der Waals surface area contributed by atoms with E-state index in [1.807, 2.05) is 0 Å². The quantitative estimate of drug-likeness (QED) is 0.483. The molecule has 0 saturated heterocycles. The monoisotopic (exact) mass is 471 g/mol. The van der Waals surface area contributed by atoms with Gasteiger partial charge >= 0.3 is 6.18 Å². The highest BCUT2D eigenvalue weighted by Gasteiger charge is 2.36. The fraction of sp³-hybridized carbons (Fsp3) is 0.182. The van der Waals surface area contributed by atoms with Crippen LogP contribution in [-0.4, -0.2) is 45.8 Å². The van der Waals surface area contributed by atoms with Crippen molar-refractivity contribution in [1.29, 1.82) is 0 Å². The predicted molar refractivity (Wildman–Crippen MR) is 113 cm³/mol. The van der Waals surface area contributed by atoms with Crippen LogP contribution in [0.25, 0.3) is 17.0 Å². The van der Waals surface area contributed by atoms with E-state index in [2.05, 4.69) is 20.4 Å². The molecular formula is C22H16F3N5O4. The fourth-order valence-electron chi connectivity index (χ4n) is 3.38. The van der Waals surface area contributed by atoms with E-state index in [1.54, 1.807) is 42.5 Å². The molecule has 174 valence electrons. The molecule has 1 aliphatic heterocycles. The van der Waals surface area contributed by atoms with Gasteiger partial charge in [0.25, 0.3) is 11.7 Å². The summed E-state index contributed by atoms with van der Waals surface area (Å²) in [6, 6.07) is 11.9. The van der Waals surface area contributed by atoms with Gasteiger partial charge in [-0.2, -0.15) is 22.7 Å². The zero-order chi connectivity index (χ0) is 23.9. The Kier molecular flexibility index (Phi) is 5.19. The Hall–Kier alpha value is -4.35. The number of rotatable bonds is 4. The third-order valence-electron chi connectivity index (χ3n) is 4.99. The third-order valence-corrected chi connectivity index (χ3v) is 4.99. The minimum absolute atomic E-state index is 0.0219. The van der Waals surface area contributed by atoms with Crippen molar-refractivity contribution in [2.24, 2.45) is 0 Å². The summed E-state index contributed by atoms with van der Waals surface area (Å²) in [4.78, 5) is 20.8. The zero-order valence-corrected chi connectivity index (χ0v) is 17.6. The van der Waals surface area contributed by atoms with Crippen LogP contribution < -0.4 is 19.5 Å². The maximum absolute atomic E-state index is 13.8. The van der Waals surface area contributed by atoms with Crippen molar-refractivity contribution in [3.8, 4) is 28.5 Å². The van der Waals surface area contributed by atoms with Gasteiger partial charge in [0.15, 0.2) is 17.2 Å². The highest BCUT2D eigenvalue weighted by Crippen LogP contribution is 2.34. The molecule has 2 aromatic heterocycles. The Morgan fingerprint density at radius 3 is 2.47 bits per heavy atom. The van der Waals surface area contributed by atoms with E-state index in [0.717, 1.165) is 6.07 Å². The first-order valence-electron chi connectivity index (χ1n) is 10.0. The van der Waals surface area contributed by atoms with Gasteiger partial charge in [-0.3, -0.25) is 4.79 Å². The summed E-state index contributed by atoms with van der Waals surface area (Å²) >= 11 is 0. The lowest BCUT2D eigenvalue weighted by Crippen LogP contribution is -2.17. The molecule has 4 aromatic rings. The van der Waals surface area contributed by atoms with Gasteiger partial charge in [0.1, 0.15) is 19.0 Å². The van der Waals surface area contributed by atoms with Crippen LogP contribution in [0.5, 0.6) is 17.2 Å². The third kappa shape index (κ3) is 4.05. The largest absolute Gasteiger partial charge is 0.497 e. The second-order valence-electron chi connectivity index (χ2n) is 7.21. The Bertz CT molecular complexity index is 1390. The molecule has 1 N–H and O–H groups in total. The predicted octanol–water partition coefficient (Wildman–Crippen LogP) is 3.84. The summed E-state index contributed by atoms with van der Waals surface area (Å²) in [5.74, 6) is -0.132.